The molecule has 0 nitrogen and oxygen atoms in total. The first-order valence-electron chi connectivity index (χ1n) is 5.81. The van der Waals surface area contributed by atoms with Crippen LogP contribution in [0.2, 0.25) is 0 Å². The topological polar surface area (TPSA) is 0 Å². The molecule has 1 aliphatic carbocycles. The van der Waals surface area contributed by atoms with E-state index in [9.17, 15) is 0 Å². The number of benzene rings is 2. The minimum atomic E-state index is 0.264. The fourth-order valence-corrected chi connectivity index (χ4v) is 2.22. The lowest BCUT2D eigenvalue weighted by molar-refractivity contribution is 0.546. The number of rotatable bonds is 0. The maximum absolute atomic E-state index is 2.37. The van der Waals surface area contributed by atoms with E-state index in [1.54, 1.807) is 0 Å². The molecule has 0 radical (unpaired) electrons. The van der Waals surface area contributed by atoms with Crippen molar-refractivity contribution in [1.29, 1.82) is 0 Å². The molecule has 2 aromatic carbocycles. The van der Waals surface area contributed by atoms with Gasteiger partial charge in [-0.05, 0) is 45.0 Å². The zero-order valence-corrected chi connectivity index (χ0v) is 10.0. The molecular formula is C16H16. The molecule has 0 saturated carbocycles. The predicted octanol–water partition coefficient (Wildman–Crippen LogP) is 4.63. The summed E-state index contributed by atoms with van der Waals surface area (Å²) in [7, 11) is 0. The third-order valence-corrected chi connectivity index (χ3v) is 2.98. The molecule has 0 spiro atoms. The van der Waals surface area contributed by atoms with Crippen LogP contribution in [0.5, 0.6) is 0 Å². The van der Waals surface area contributed by atoms with Gasteiger partial charge in [0.25, 0.3) is 0 Å². The molecule has 0 fully saturated rings. The quantitative estimate of drug-likeness (QED) is 0.505. The smallest absolute Gasteiger partial charge is 0.00957 e. The van der Waals surface area contributed by atoms with Crippen LogP contribution < -0.4 is 0 Å². The van der Waals surface area contributed by atoms with Crippen LogP contribution in [0.4, 0.5) is 0 Å². The Morgan fingerprint density at radius 3 is 1.81 bits per heavy atom. The Bertz CT molecular complexity index is 550. The van der Waals surface area contributed by atoms with Gasteiger partial charge >= 0.3 is 0 Å². The third-order valence-electron chi connectivity index (χ3n) is 2.98. The van der Waals surface area contributed by atoms with Crippen molar-refractivity contribution in [3.05, 3.63) is 53.6 Å². The van der Waals surface area contributed by atoms with Crippen LogP contribution in [0.3, 0.4) is 0 Å². The van der Waals surface area contributed by atoms with E-state index in [1.165, 1.54) is 27.5 Å². The fourth-order valence-electron chi connectivity index (χ4n) is 2.22. The first-order valence-corrected chi connectivity index (χ1v) is 5.81. The molecule has 0 N–H and O–H groups in total. The van der Waals surface area contributed by atoms with Crippen molar-refractivity contribution in [2.24, 2.45) is 5.41 Å². The number of hydrogen-bond acceptors (Lipinski definition) is 0. The molecule has 0 atom stereocenters. The first-order chi connectivity index (χ1) is 7.54. The van der Waals surface area contributed by atoms with Gasteiger partial charge < -0.3 is 0 Å². The van der Waals surface area contributed by atoms with Crippen molar-refractivity contribution >= 4 is 16.3 Å². The Morgan fingerprint density at radius 2 is 1.38 bits per heavy atom. The van der Waals surface area contributed by atoms with Crippen molar-refractivity contribution in [1.82, 2.24) is 0 Å². The van der Waals surface area contributed by atoms with E-state index in [1.807, 2.05) is 0 Å². The molecule has 0 bridgehead atoms. The van der Waals surface area contributed by atoms with E-state index in [2.05, 4.69) is 63.2 Å². The van der Waals surface area contributed by atoms with Crippen molar-refractivity contribution in [3.63, 3.8) is 0 Å². The van der Waals surface area contributed by atoms with Gasteiger partial charge in [0.1, 0.15) is 0 Å². The average molecular weight is 208 g/mol. The summed E-state index contributed by atoms with van der Waals surface area (Å²) in [6.07, 6.45) is 2.37. The van der Waals surface area contributed by atoms with Crippen LogP contribution in [0.25, 0.3) is 16.3 Å². The highest BCUT2D eigenvalue weighted by Gasteiger charge is 2.27. The van der Waals surface area contributed by atoms with Crippen LogP contribution in [-0.4, -0.2) is 0 Å². The standard InChI is InChI=1S/C16H16/c1-16(2,3)10-15-13-8-11-6-4-5-7-12(11)9-14(13)15/h4-10H,1-3H3. The minimum Gasteiger partial charge on any atom is -0.0706 e. The van der Waals surface area contributed by atoms with Gasteiger partial charge in [-0.15, -0.1) is 0 Å². The van der Waals surface area contributed by atoms with Gasteiger partial charge in [-0.2, -0.15) is 0 Å². The molecule has 3 rings (SSSR count). The number of hydrogen-bond donors (Lipinski definition) is 0. The van der Waals surface area contributed by atoms with E-state index in [4.69, 9.17) is 0 Å². The predicted molar refractivity (Wildman–Crippen MR) is 70.5 cm³/mol. The van der Waals surface area contributed by atoms with E-state index in [0.29, 0.717) is 0 Å². The molecule has 80 valence electrons. The normalized spacial score (nSPS) is 13.8. The van der Waals surface area contributed by atoms with Crippen LogP contribution in [0.1, 0.15) is 31.9 Å². The van der Waals surface area contributed by atoms with Gasteiger partial charge in [0.15, 0.2) is 0 Å². The van der Waals surface area contributed by atoms with Gasteiger partial charge in [0.05, 0.1) is 0 Å². The molecule has 0 heterocycles. The minimum absolute atomic E-state index is 0.264. The molecular weight excluding hydrogens is 192 g/mol. The summed E-state index contributed by atoms with van der Waals surface area (Å²) in [5.74, 6) is 0. The molecule has 0 aromatic heterocycles. The Hall–Kier alpha value is -1.56. The Kier molecular flexibility index (Phi) is 1.79. The zero-order chi connectivity index (χ0) is 11.3. The van der Waals surface area contributed by atoms with Crippen molar-refractivity contribution in [2.45, 2.75) is 20.8 Å². The van der Waals surface area contributed by atoms with Crippen LogP contribution in [0, 0.1) is 5.41 Å². The van der Waals surface area contributed by atoms with Crippen LogP contribution >= 0.6 is 0 Å². The van der Waals surface area contributed by atoms with E-state index < -0.39 is 0 Å². The van der Waals surface area contributed by atoms with Gasteiger partial charge in [-0.3, -0.25) is 0 Å². The van der Waals surface area contributed by atoms with Crippen molar-refractivity contribution in [3.8, 4) is 0 Å². The largest absolute Gasteiger partial charge is 0.0706 e. The summed E-state index contributed by atoms with van der Waals surface area (Å²) in [6.45, 7) is 6.75. The Morgan fingerprint density at radius 1 is 0.875 bits per heavy atom. The van der Waals surface area contributed by atoms with Gasteiger partial charge in [-0.1, -0.05) is 51.1 Å². The summed E-state index contributed by atoms with van der Waals surface area (Å²) in [4.78, 5) is 0. The second-order valence-corrected chi connectivity index (χ2v) is 5.67. The number of allylic oxidation sites excluding steroid dienone is 1. The molecule has 0 saturated heterocycles. The highest BCUT2D eigenvalue weighted by molar-refractivity contribution is 6.06. The van der Waals surface area contributed by atoms with Crippen molar-refractivity contribution < 1.29 is 0 Å². The molecule has 2 aromatic rings. The molecule has 1 aliphatic rings. The van der Waals surface area contributed by atoms with Crippen LogP contribution in [-0.2, 0) is 0 Å². The lowest BCUT2D eigenvalue weighted by Crippen LogP contribution is -1.97. The SMILES string of the molecule is CC(C)(C)C=C1c2cc3ccccc3cc21. The summed E-state index contributed by atoms with van der Waals surface area (Å²) in [6, 6.07) is 13.2. The molecule has 0 aliphatic heterocycles. The summed E-state index contributed by atoms with van der Waals surface area (Å²) in [5.41, 5.74) is 4.59. The number of fused-ring (bicyclic) bond motifs is 2. The highest BCUT2D eigenvalue weighted by atomic mass is 14.3. The lowest BCUT2D eigenvalue weighted by Gasteiger charge is -2.10. The highest BCUT2D eigenvalue weighted by Crippen LogP contribution is 2.46. The monoisotopic (exact) mass is 208 g/mol. The zero-order valence-electron chi connectivity index (χ0n) is 10.0. The van der Waals surface area contributed by atoms with E-state index in [0.717, 1.165) is 0 Å². The summed E-state index contributed by atoms with van der Waals surface area (Å²) < 4.78 is 0. The second-order valence-electron chi connectivity index (χ2n) is 5.67. The van der Waals surface area contributed by atoms with Gasteiger partial charge in [-0.25, -0.2) is 0 Å². The van der Waals surface area contributed by atoms with E-state index >= 15 is 0 Å². The fraction of sp³-hybridized carbons (Fsp3) is 0.250. The first kappa shape index (κ1) is 9.65. The van der Waals surface area contributed by atoms with Crippen LogP contribution in [0.15, 0.2) is 42.5 Å². The van der Waals surface area contributed by atoms with Gasteiger partial charge in [0, 0.05) is 0 Å². The third kappa shape index (κ3) is 1.55. The Labute approximate surface area is 96.6 Å². The second kappa shape index (κ2) is 2.98. The van der Waals surface area contributed by atoms with Gasteiger partial charge in [0.2, 0.25) is 0 Å². The lowest BCUT2D eigenvalue weighted by atomic mass is 9.95. The Balaban J connectivity index is 2.13. The maximum atomic E-state index is 2.37. The maximum Gasteiger partial charge on any atom is -0.00957 e. The summed E-state index contributed by atoms with van der Waals surface area (Å²) >= 11 is 0. The van der Waals surface area contributed by atoms with Crippen molar-refractivity contribution in [2.75, 3.05) is 0 Å². The molecule has 0 heteroatoms. The molecule has 16 heavy (non-hydrogen) atoms. The van der Waals surface area contributed by atoms with E-state index in [-0.39, 0.29) is 5.41 Å². The average Bonchev–Trinajstić information content (AvgIpc) is 2.85. The molecule has 0 unspecified atom stereocenters. The molecule has 0 amide bonds. The summed E-state index contributed by atoms with van der Waals surface area (Å²) in [5, 5.41) is 2.69.